The molecule has 23 heavy (non-hydrogen) atoms. The van der Waals surface area contributed by atoms with E-state index in [0.29, 0.717) is 32.8 Å². The number of ether oxygens (including phenoxy) is 1. The van der Waals surface area contributed by atoms with Gasteiger partial charge in [-0.25, -0.2) is 9.48 Å². The lowest BCUT2D eigenvalue weighted by molar-refractivity contribution is -0.136. The van der Waals surface area contributed by atoms with E-state index in [9.17, 15) is 4.79 Å². The summed E-state index contributed by atoms with van der Waals surface area (Å²) in [5.41, 5.74) is 1.11. The summed E-state index contributed by atoms with van der Waals surface area (Å²) in [7, 11) is 1.35. The molecule has 0 spiro atoms. The topological polar surface area (TPSA) is 82.2 Å². The number of fused-ring (bicyclic) bond motifs is 1. The minimum absolute atomic E-state index is 0.432. The van der Waals surface area contributed by atoms with Gasteiger partial charge in [0.2, 0.25) is 11.1 Å². The van der Waals surface area contributed by atoms with Crippen molar-refractivity contribution in [2.75, 3.05) is 18.2 Å². The Bertz CT molecular complexity index is 783. The molecule has 0 radical (unpaired) electrons. The third kappa shape index (κ3) is 2.90. The first-order valence-corrected chi connectivity index (χ1v) is 8.73. The molecule has 2 aromatic heterocycles. The minimum Gasteiger partial charge on any atom is -0.466 e. The number of nitrogens with one attached hydrogen (secondary N) is 1. The maximum atomic E-state index is 12.3. The van der Waals surface area contributed by atoms with Crippen LogP contribution in [0.1, 0.15) is 25.6 Å². The van der Waals surface area contributed by atoms with Crippen molar-refractivity contribution in [2.45, 2.75) is 25.0 Å². The normalized spacial score (nSPS) is 17.0. The van der Waals surface area contributed by atoms with Crippen LogP contribution < -0.4 is 5.32 Å². The van der Waals surface area contributed by atoms with Gasteiger partial charge in [-0.05, 0) is 40.7 Å². The lowest BCUT2D eigenvalue weighted by atomic mass is 10.0. The Balaban J connectivity index is 2.14. The summed E-state index contributed by atoms with van der Waals surface area (Å²) in [6.07, 6.45) is 0. The van der Waals surface area contributed by atoms with Crippen LogP contribution >= 0.6 is 27.7 Å². The maximum absolute atomic E-state index is 12.3. The van der Waals surface area contributed by atoms with Crippen molar-refractivity contribution in [1.29, 1.82) is 0 Å². The van der Waals surface area contributed by atoms with Crippen LogP contribution in [-0.2, 0) is 9.53 Å². The number of hydrogen-bond acceptors (Lipinski definition) is 7. The molecule has 1 unspecified atom stereocenters. The first-order chi connectivity index (χ1) is 11.0. The quantitative estimate of drug-likeness (QED) is 0.625. The van der Waals surface area contributed by atoms with E-state index < -0.39 is 12.0 Å². The average molecular weight is 399 g/mol. The molecular weight excluding hydrogens is 384 g/mol. The van der Waals surface area contributed by atoms with Gasteiger partial charge in [-0.15, -0.1) is 5.10 Å². The van der Waals surface area contributed by atoms with Crippen LogP contribution in [0.5, 0.6) is 0 Å². The van der Waals surface area contributed by atoms with Crippen LogP contribution in [0.2, 0.25) is 0 Å². The highest BCUT2D eigenvalue weighted by Crippen LogP contribution is 2.37. The first-order valence-electron chi connectivity index (χ1n) is 6.95. The van der Waals surface area contributed by atoms with Crippen LogP contribution in [0, 0.1) is 0 Å². The van der Waals surface area contributed by atoms with Crippen molar-refractivity contribution in [1.82, 2.24) is 14.8 Å². The van der Waals surface area contributed by atoms with Gasteiger partial charge in [0.1, 0.15) is 11.8 Å². The Hall–Kier alpha value is -1.74. The van der Waals surface area contributed by atoms with Crippen LogP contribution in [0.4, 0.5) is 5.95 Å². The van der Waals surface area contributed by atoms with Gasteiger partial charge in [-0.3, -0.25) is 0 Å². The molecule has 2 aromatic rings. The number of rotatable bonds is 4. The Morgan fingerprint density at radius 2 is 2.35 bits per heavy atom. The zero-order valence-corrected chi connectivity index (χ0v) is 15.2. The summed E-state index contributed by atoms with van der Waals surface area (Å²) in [5, 5.41) is 8.25. The largest absolute Gasteiger partial charge is 0.466 e. The summed E-state index contributed by atoms with van der Waals surface area (Å²) in [6, 6.07) is 3.05. The van der Waals surface area contributed by atoms with Crippen molar-refractivity contribution >= 4 is 39.6 Å². The lowest BCUT2D eigenvalue weighted by Gasteiger charge is -2.25. The second-order valence-corrected chi connectivity index (χ2v) is 6.81. The van der Waals surface area contributed by atoms with E-state index in [1.54, 1.807) is 16.8 Å². The molecule has 1 aliphatic heterocycles. The molecule has 3 heterocycles. The number of carbonyl (C=O) groups is 1. The van der Waals surface area contributed by atoms with Crippen molar-refractivity contribution in [3.63, 3.8) is 0 Å². The molecule has 0 saturated carbocycles. The van der Waals surface area contributed by atoms with E-state index >= 15 is 0 Å². The molecule has 1 atom stereocenters. The number of allylic oxidation sites excluding steroid dienone is 1. The third-order valence-corrected chi connectivity index (χ3v) is 4.52. The molecule has 3 rings (SSSR count). The zero-order valence-electron chi connectivity index (χ0n) is 12.8. The van der Waals surface area contributed by atoms with Crippen LogP contribution in [0.25, 0.3) is 0 Å². The van der Waals surface area contributed by atoms with Gasteiger partial charge < -0.3 is 14.5 Å². The van der Waals surface area contributed by atoms with Crippen molar-refractivity contribution in [3.8, 4) is 0 Å². The highest BCUT2D eigenvalue weighted by atomic mass is 79.9. The summed E-state index contributed by atoms with van der Waals surface area (Å²) in [6.45, 7) is 3.84. The van der Waals surface area contributed by atoms with Crippen LogP contribution in [0.15, 0.2) is 37.6 Å². The van der Waals surface area contributed by atoms with E-state index in [-0.39, 0.29) is 0 Å². The first kappa shape index (κ1) is 16.1. The number of methoxy groups -OCH3 is 1. The lowest BCUT2D eigenvalue weighted by Crippen LogP contribution is -2.29. The number of nitrogens with zero attached hydrogens (tertiary/aromatic N) is 3. The molecule has 122 valence electrons. The smallest absolute Gasteiger partial charge is 0.338 e. The van der Waals surface area contributed by atoms with E-state index in [1.165, 1.54) is 18.9 Å². The summed E-state index contributed by atoms with van der Waals surface area (Å²) in [4.78, 5) is 16.7. The monoisotopic (exact) mass is 398 g/mol. The van der Waals surface area contributed by atoms with Gasteiger partial charge in [-0.2, -0.15) is 4.98 Å². The average Bonchev–Trinajstić information content (AvgIpc) is 3.11. The number of furan rings is 1. The molecule has 1 N–H and O–H groups in total. The highest BCUT2D eigenvalue weighted by Gasteiger charge is 2.36. The number of hydrogen-bond donors (Lipinski definition) is 1. The van der Waals surface area contributed by atoms with Gasteiger partial charge in [0.25, 0.3) is 0 Å². The second kappa shape index (κ2) is 6.40. The molecule has 0 saturated heterocycles. The number of carbonyl (C=O) groups excluding carboxylic acids is 1. The summed E-state index contributed by atoms with van der Waals surface area (Å²) >= 11 is 4.82. The van der Waals surface area contributed by atoms with Gasteiger partial charge in [0.15, 0.2) is 4.67 Å². The van der Waals surface area contributed by atoms with Crippen molar-refractivity contribution in [3.05, 3.63) is 33.8 Å². The molecular formula is C14H15BrN4O3S. The fourth-order valence-corrected chi connectivity index (χ4v) is 3.31. The molecule has 1 aliphatic rings. The molecule has 0 fully saturated rings. The van der Waals surface area contributed by atoms with Gasteiger partial charge in [0, 0.05) is 5.70 Å². The van der Waals surface area contributed by atoms with E-state index in [4.69, 9.17) is 9.15 Å². The highest BCUT2D eigenvalue weighted by molar-refractivity contribution is 9.10. The fraction of sp³-hybridized carbons (Fsp3) is 0.357. The van der Waals surface area contributed by atoms with Gasteiger partial charge >= 0.3 is 5.97 Å². The fourth-order valence-electron chi connectivity index (χ4n) is 2.43. The minimum atomic E-state index is -0.524. The summed E-state index contributed by atoms with van der Waals surface area (Å²) < 4.78 is 12.8. The predicted molar refractivity (Wildman–Crippen MR) is 89.3 cm³/mol. The molecule has 0 bridgehead atoms. The number of halogens is 1. The molecule has 7 nitrogen and oxygen atoms in total. The zero-order chi connectivity index (χ0) is 16.6. The molecule has 0 aliphatic carbocycles. The van der Waals surface area contributed by atoms with E-state index in [1.807, 2.05) is 13.8 Å². The second-order valence-electron chi connectivity index (χ2n) is 4.80. The molecule has 9 heteroatoms. The van der Waals surface area contributed by atoms with E-state index in [0.717, 1.165) is 5.75 Å². The maximum Gasteiger partial charge on any atom is 0.338 e. The van der Waals surface area contributed by atoms with Crippen LogP contribution in [-0.4, -0.2) is 33.6 Å². The Kier molecular flexibility index (Phi) is 4.49. The Morgan fingerprint density at radius 3 is 2.96 bits per heavy atom. The SMILES string of the molecule is CCSc1nc2n(n1)C(c1ccc(Br)o1)C(C(=O)OC)=C(C)N2. The Morgan fingerprint density at radius 1 is 1.57 bits per heavy atom. The predicted octanol–water partition coefficient (Wildman–Crippen LogP) is 3.21. The van der Waals surface area contributed by atoms with Crippen molar-refractivity contribution in [2.24, 2.45) is 0 Å². The van der Waals surface area contributed by atoms with Crippen molar-refractivity contribution < 1.29 is 13.9 Å². The molecule has 0 amide bonds. The number of anilines is 1. The van der Waals surface area contributed by atoms with Gasteiger partial charge in [0.05, 0.1) is 12.7 Å². The Labute approximate surface area is 145 Å². The standard InChI is InChI=1S/C14H15BrN4O3S/c1-4-23-14-17-13-16-7(2)10(12(20)21-3)11(19(13)18-14)8-5-6-9(15)22-8/h5-6,11H,4H2,1-3H3,(H,16,17,18). The molecule has 0 aromatic carbocycles. The number of esters is 1. The third-order valence-electron chi connectivity index (χ3n) is 3.38. The summed E-state index contributed by atoms with van der Waals surface area (Å²) in [5.74, 6) is 1.58. The number of aromatic nitrogens is 3. The van der Waals surface area contributed by atoms with Gasteiger partial charge in [-0.1, -0.05) is 18.7 Å². The van der Waals surface area contributed by atoms with Crippen LogP contribution in [0.3, 0.4) is 0 Å². The number of thioether (sulfide) groups is 1. The van der Waals surface area contributed by atoms with E-state index in [2.05, 4.69) is 31.3 Å².